The van der Waals surface area contributed by atoms with Crippen LogP contribution < -0.4 is 10.2 Å². The molecule has 0 spiro atoms. The molecule has 1 aromatic rings. The Labute approximate surface area is 142 Å². The number of fused-ring (bicyclic) bond motifs is 2. The van der Waals surface area contributed by atoms with Gasteiger partial charge in [0, 0.05) is 37.3 Å². The summed E-state index contributed by atoms with van der Waals surface area (Å²) in [7, 11) is 1.36. The summed E-state index contributed by atoms with van der Waals surface area (Å²) in [5, 5.41) is 2.82. The van der Waals surface area contributed by atoms with Gasteiger partial charge in [0.1, 0.15) is 0 Å². The number of benzene rings is 1. The Hall–Kier alpha value is -2.08. The van der Waals surface area contributed by atoms with Crippen molar-refractivity contribution in [2.24, 2.45) is 0 Å². The number of carbonyl (C=O) groups excluding carboxylic acids is 2. The maximum Gasteiger partial charge on any atom is 0.305 e. The van der Waals surface area contributed by atoms with Crippen molar-refractivity contribution in [3.8, 4) is 0 Å². The van der Waals surface area contributed by atoms with E-state index >= 15 is 0 Å². The molecule has 2 aliphatic rings. The number of hydrogen-bond donors (Lipinski definition) is 1. The highest BCUT2D eigenvalue weighted by molar-refractivity contribution is 5.94. The molecule has 0 aliphatic carbocycles. The number of carbonyl (C=O) groups is 2. The van der Waals surface area contributed by atoms with E-state index in [2.05, 4.69) is 15.0 Å². The van der Waals surface area contributed by atoms with E-state index in [1.165, 1.54) is 7.11 Å². The molecule has 0 aromatic heterocycles. The second-order valence-corrected chi connectivity index (χ2v) is 6.34. The first kappa shape index (κ1) is 16.8. The first-order valence-electron chi connectivity index (χ1n) is 8.51. The number of amides is 1. The Balaban J connectivity index is 1.49. The number of morpholine rings is 1. The summed E-state index contributed by atoms with van der Waals surface area (Å²) in [5.74, 6) is -0.374. The van der Waals surface area contributed by atoms with Gasteiger partial charge in [-0.25, -0.2) is 0 Å². The van der Waals surface area contributed by atoms with E-state index < -0.39 is 0 Å². The number of esters is 1. The van der Waals surface area contributed by atoms with E-state index in [0.29, 0.717) is 37.2 Å². The lowest BCUT2D eigenvalue weighted by Crippen LogP contribution is -2.42. The molecular formula is C18H24N2O4. The van der Waals surface area contributed by atoms with Crippen molar-refractivity contribution in [2.45, 2.75) is 37.9 Å². The molecule has 3 rings (SSSR count). The molecular weight excluding hydrogens is 308 g/mol. The van der Waals surface area contributed by atoms with E-state index in [1.807, 2.05) is 24.3 Å². The number of hydrogen-bond acceptors (Lipinski definition) is 5. The minimum Gasteiger partial charge on any atom is -0.469 e. The summed E-state index contributed by atoms with van der Waals surface area (Å²) in [4.78, 5) is 25.5. The molecule has 1 N–H and O–H groups in total. The maximum atomic E-state index is 12.1. The molecule has 130 valence electrons. The smallest absolute Gasteiger partial charge is 0.305 e. The van der Waals surface area contributed by atoms with Gasteiger partial charge in [0.25, 0.3) is 5.91 Å². The molecule has 2 bridgehead atoms. The summed E-state index contributed by atoms with van der Waals surface area (Å²) in [6, 6.07) is 7.69. The predicted molar refractivity (Wildman–Crippen MR) is 90.1 cm³/mol. The highest BCUT2D eigenvalue weighted by Gasteiger charge is 2.33. The fourth-order valence-electron chi connectivity index (χ4n) is 3.29. The van der Waals surface area contributed by atoms with Crippen molar-refractivity contribution in [1.82, 2.24) is 5.32 Å². The van der Waals surface area contributed by atoms with Crippen LogP contribution in [-0.4, -0.2) is 50.8 Å². The van der Waals surface area contributed by atoms with Gasteiger partial charge < -0.3 is 19.7 Å². The average molecular weight is 332 g/mol. The van der Waals surface area contributed by atoms with Crippen LogP contribution in [-0.2, 0) is 14.3 Å². The SMILES string of the molecule is COC(=O)CCCNC(=O)c1ccc(N2CC3CCC(C2)O3)cc1. The van der Waals surface area contributed by atoms with Gasteiger partial charge in [0.15, 0.2) is 0 Å². The summed E-state index contributed by atoms with van der Waals surface area (Å²) in [6.07, 6.45) is 3.88. The molecule has 2 heterocycles. The van der Waals surface area contributed by atoms with Crippen molar-refractivity contribution < 1.29 is 19.1 Å². The van der Waals surface area contributed by atoms with Crippen molar-refractivity contribution in [2.75, 3.05) is 31.6 Å². The molecule has 2 atom stereocenters. The van der Waals surface area contributed by atoms with E-state index in [4.69, 9.17) is 4.74 Å². The van der Waals surface area contributed by atoms with Crippen LogP contribution in [0.15, 0.2) is 24.3 Å². The van der Waals surface area contributed by atoms with Crippen molar-refractivity contribution in [1.29, 1.82) is 0 Å². The molecule has 6 nitrogen and oxygen atoms in total. The van der Waals surface area contributed by atoms with Crippen LogP contribution in [0.2, 0.25) is 0 Å². The minimum absolute atomic E-state index is 0.117. The Morgan fingerprint density at radius 2 is 1.88 bits per heavy atom. The van der Waals surface area contributed by atoms with Gasteiger partial charge >= 0.3 is 5.97 Å². The van der Waals surface area contributed by atoms with Gasteiger partial charge in [0.05, 0.1) is 19.3 Å². The van der Waals surface area contributed by atoms with Crippen LogP contribution >= 0.6 is 0 Å². The quantitative estimate of drug-likeness (QED) is 0.635. The monoisotopic (exact) mass is 332 g/mol. The number of anilines is 1. The first-order valence-corrected chi connectivity index (χ1v) is 8.51. The molecule has 2 saturated heterocycles. The van der Waals surface area contributed by atoms with Gasteiger partial charge in [-0.15, -0.1) is 0 Å². The average Bonchev–Trinajstić information content (AvgIpc) is 2.96. The molecule has 0 radical (unpaired) electrons. The number of rotatable bonds is 6. The highest BCUT2D eigenvalue weighted by Crippen LogP contribution is 2.29. The molecule has 2 fully saturated rings. The molecule has 2 unspecified atom stereocenters. The largest absolute Gasteiger partial charge is 0.469 e. The molecule has 1 aromatic carbocycles. The second kappa shape index (κ2) is 7.66. The number of methoxy groups -OCH3 is 1. The predicted octanol–water partition coefficient (Wildman–Crippen LogP) is 1.74. The zero-order valence-corrected chi connectivity index (χ0v) is 14.0. The van der Waals surface area contributed by atoms with Crippen LogP contribution in [0.5, 0.6) is 0 Å². The number of ether oxygens (including phenoxy) is 2. The van der Waals surface area contributed by atoms with Gasteiger partial charge in [0.2, 0.25) is 0 Å². The van der Waals surface area contributed by atoms with Crippen molar-refractivity contribution >= 4 is 17.6 Å². The zero-order chi connectivity index (χ0) is 16.9. The summed E-state index contributed by atoms with van der Waals surface area (Å²) < 4.78 is 10.4. The third kappa shape index (κ3) is 4.06. The van der Waals surface area contributed by atoms with Crippen LogP contribution in [0.1, 0.15) is 36.0 Å². The summed E-state index contributed by atoms with van der Waals surface area (Å²) in [5.41, 5.74) is 1.77. The Bertz CT molecular complexity index is 575. The second-order valence-electron chi connectivity index (χ2n) is 6.34. The fraction of sp³-hybridized carbons (Fsp3) is 0.556. The lowest BCUT2D eigenvalue weighted by atomic mass is 10.1. The van der Waals surface area contributed by atoms with Crippen molar-refractivity contribution in [3.05, 3.63) is 29.8 Å². The Kier molecular flexibility index (Phi) is 5.35. The maximum absolute atomic E-state index is 12.1. The number of nitrogens with one attached hydrogen (secondary N) is 1. The van der Waals surface area contributed by atoms with Gasteiger partial charge in [-0.05, 0) is 43.5 Å². The normalized spacial score (nSPS) is 22.3. The molecule has 2 aliphatic heterocycles. The Morgan fingerprint density at radius 3 is 2.50 bits per heavy atom. The van der Waals surface area contributed by atoms with Crippen LogP contribution in [0.25, 0.3) is 0 Å². The third-order valence-electron chi connectivity index (χ3n) is 4.61. The molecule has 6 heteroatoms. The number of nitrogens with zero attached hydrogens (tertiary/aromatic N) is 1. The molecule has 0 saturated carbocycles. The van der Waals surface area contributed by atoms with E-state index in [0.717, 1.165) is 31.6 Å². The van der Waals surface area contributed by atoms with E-state index in [-0.39, 0.29) is 11.9 Å². The molecule has 1 amide bonds. The fourth-order valence-corrected chi connectivity index (χ4v) is 3.29. The van der Waals surface area contributed by atoms with Crippen LogP contribution in [0.4, 0.5) is 5.69 Å². The van der Waals surface area contributed by atoms with Gasteiger partial charge in [-0.1, -0.05) is 0 Å². The lowest BCUT2D eigenvalue weighted by molar-refractivity contribution is -0.140. The van der Waals surface area contributed by atoms with Gasteiger partial charge in [-0.2, -0.15) is 0 Å². The lowest BCUT2D eigenvalue weighted by Gasteiger charge is -2.33. The highest BCUT2D eigenvalue weighted by atomic mass is 16.5. The standard InChI is InChI=1S/C18H24N2O4/c1-23-17(21)3-2-10-19-18(22)13-4-6-14(7-5-13)20-11-15-8-9-16(12-20)24-15/h4-7,15-16H,2-3,8-12H2,1H3,(H,19,22). The Morgan fingerprint density at radius 1 is 1.21 bits per heavy atom. The van der Waals surface area contributed by atoms with Gasteiger partial charge in [-0.3, -0.25) is 9.59 Å². The van der Waals surface area contributed by atoms with Crippen LogP contribution in [0, 0.1) is 0 Å². The van der Waals surface area contributed by atoms with Crippen LogP contribution in [0.3, 0.4) is 0 Å². The molecule has 24 heavy (non-hydrogen) atoms. The third-order valence-corrected chi connectivity index (χ3v) is 4.61. The topological polar surface area (TPSA) is 67.9 Å². The zero-order valence-electron chi connectivity index (χ0n) is 14.0. The van der Waals surface area contributed by atoms with Crippen molar-refractivity contribution in [3.63, 3.8) is 0 Å². The first-order chi connectivity index (χ1) is 11.7. The summed E-state index contributed by atoms with van der Waals surface area (Å²) in [6.45, 7) is 2.31. The van der Waals surface area contributed by atoms with E-state index in [1.54, 1.807) is 0 Å². The summed E-state index contributed by atoms with van der Waals surface area (Å²) >= 11 is 0. The van der Waals surface area contributed by atoms with E-state index in [9.17, 15) is 9.59 Å². The minimum atomic E-state index is -0.256.